The standard InChI is InChI=1S/C20H24N2O.ClH/c1-14-12-15(2)19(16(3)13-14)21-20(23)18-10-7-11-22(18)17-8-5-4-6-9-17;/h4-6,8-9,12-13,18H,7,10-11H2,1-3H3,(H,21,23);1H. The average Bonchev–Trinajstić information content (AvgIpc) is 3.01. The van der Waals surface area contributed by atoms with E-state index in [4.69, 9.17) is 0 Å². The normalized spacial score (nSPS) is 16.6. The Labute approximate surface area is 150 Å². The van der Waals surface area contributed by atoms with Crippen LogP contribution in [0.25, 0.3) is 0 Å². The second-order valence-electron chi connectivity index (χ2n) is 6.45. The van der Waals surface area contributed by atoms with Crippen LogP contribution in [-0.2, 0) is 4.79 Å². The van der Waals surface area contributed by atoms with Gasteiger partial charge in [-0.1, -0.05) is 35.9 Å². The lowest BCUT2D eigenvalue weighted by molar-refractivity contribution is -0.117. The lowest BCUT2D eigenvalue weighted by atomic mass is 10.0. The molecule has 3 nitrogen and oxygen atoms in total. The van der Waals surface area contributed by atoms with Gasteiger partial charge in [-0.05, 0) is 56.9 Å². The van der Waals surface area contributed by atoms with Gasteiger partial charge in [0.2, 0.25) is 5.91 Å². The highest BCUT2D eigenvalue weighted by atomic mass is 35.5. The van der Waals surface area contributed by atoms with Gasteiger partial charge in [0.05, 0.1) is 0 Å². The monoisotopic (exact) mass is 344 g/mol. The number of aryl methyl sites for hydroxylation is 3. The van der Waals surface area contributed by atoms with Crippen molar-refractivity contribution in [3.63, 3.8) is 0 Å². The quantitative estimate of drug-likeness (QED) is 0.879. The molecule has 1 aliphatic rings. The van der Waals surface area contributed by atoms with E-state index in [0.717, 1.165) is 41.9 Å². The molecule has 0 radical (unpaired) electrons. The summed E-state index contributed by atoms with van der Waals surface area (Å²) in [5.41, 5.74) is 5.56. The van der Waals surface area contributed by atoms with Crippen LogP contribution in [0.2, 0.25) is 0 Å². The van der Waals surface area contributed by atoms with Gasteiger partial charge >= 0.3 is 0 Å². The minimum Gasteiger partial charge on any atom is -0.360 e. The van der Waals surface area contributed by atoms with Gasteiger partial charge in [-0.15, -0.1) is 12.4 Å². The van der Waals surface area contributed by atoms with Gasteiger partial charge in [0, 0.05) is 17.9 Å². The fourth-order valence-electron chi connectivity index (χ4n) is 3.55. The molecule has 4 heteroatoms. The van der Waals surface area contributed by atoms with Crippen LogP contribution in [-0.4, -0.2) is 18.5 Å². The van der Waals surface area contributed by atoms with Crippen molar-refractivity contribution in [1.82, 2.24) is 0 Å². The summed E-state index contributed by atoms with van der Waals surface area (Å²) in [5.74, 6) is 0.0985. The van der Waals surface area contributed by atoms with E-state index in [2.05, 4.69) is 55.3 Å². The zero-order valence-electron chi connectivity index (χ0n) is 14.5. The Morgan fingerprint density at radius 1 is 1.08 bits per heavy atom. The molecule has 1 aliphatic heterocycles. The fraction of sp³-hybridized carbons (Fsp3) is 0.350. The summed E-state index contributed by atoms with van der Waals surface area (Å²) in [6, 6.07) is 14.4. The number of hydrogen-bond acceptors (Lipinski definition) is 2. The molecule has 128 valence electrons. The van der Waals surface area contributed by atoms with E-state index >= 15 is 0 Å². The topological polar surface area (TPSA) is 32.3 Å². The Morgan fingerprint density at radius 3 is 2.33 bits per heavy atom. The Hall–Kier alpha value is -2.00. The molecule has 0 saturated carbocycles. The number of para-hydroxylation sites is 1. The summed E-state index contributed by atoms with van der Waals surface area (Å²) >= 11 is 0. The number of nitrogens with zero attached hydrogens (tertiary/aromatic N) is 1. The molecule has 1 N–H and O–H groups in total. The summed E-state index contributed by atoms with van der Waals surface area (Å²) < 4.78 is 0. The summed E-state index contributed by atoms with van der Waals surface area (Å²) in [7, 11) is 0. The average molecular weight is 345 g/mol. The summed E-state index contributed by atoms with van der Waals surface area (Å²) in [6.07, 6.45) is 1.96. The van der Waals surface area contributed by atoms with Gasteiger partial charge in [-0.3, -0.25) is 4.79 Å². The minimum atomic E-state index is -0.0856. The summed E-state index contributed by atoms with van der Waals surface area (Å²) in [4.78, 5) is 15.1. The highest BCUT2D eigenvalue weighted by molar-refractivity contribution is 5.98. The first kappa shape index (κ1) is 18.3. The van der Waals surface area contributed by atoms with E-state index in [9.17, 15) is 4.79 Å². The highest BCUT2D eigenvalue weighted by Gasteiger charge is 2.31. The number of carbonyl (C=O) groups is 1. The van der Waals surface area contributed by atoms with E-state index in [1.54, 1.807) is 0 Å². The Bertz CT molecular complexity index is 692. The first-order valence-electron chi connectivity index (χ1n) is 8.26. The molecule has 1 fully saturated rings. The predicted molar refractivity (Wildman–Crippen MR) is 103 cm³/mol. The Morgan fingerprint density at radius 2 is 1.71 bits per heavy atom. The molecule has 0 aliphatic carbocycles. The predicted octanol–water partition coefficient (Wildman–Crippen LogP) is 4.64. The Balaban J connectivity index is 0.00000208. The third-order valence-electron chi connectivity index (χ3n) is 4.57. The van der Waals surface area contributed by atoms with Crippen LogP contribution >= 0.6 is 12.4 Å². The van der Waals surface area contributed by atoms with E-state index < -0.39 is 0 Å². The number of benzene rings is 2. The molecule has 0 bridgehead atoms. The summed E-state index contributed by atoms with van der Waals surface area (Å²) in [5, 5.41) is 3.17. The smallest absolute Gasteiger partial charge is 0.247 e. The van der Waals surface area contributed by atoms with Crippen molar-refractivity contribution in [3.05, 3.63) is 59.2 Å². The maximum absolute atomic E-state index is 12.8. The van der Waals surface area contributed by atoms with Gasteiger partial charge in [0.1, 0.15) is 6.04 Å². The van der Waals surface area contributed by atoms with Crippen molar-refractivity contribution in [2.24, 2.45) is 0 Å². The molecule has 0 aromatic heterocycles. The molecule has 1 amide bonds. The van der Waals surface area contributed by atoms with Crippen LogP contribution in [0.1, 0.15) is 29.5 Å². The molecule has 3 rings (SSSR count). The minimum absolute atomic E-state index is 0. The van der Waals surface area contributed by atoms with Crippen molar-refractivity contribution in [1.29, 1.82) is 0 Å². The van der Waals surface area contributed by atoms with E-state index in [0.29, 0.717) is 0 Å². The van der Waals surface area contributed by atoms with Gasteiger partial charge in [0.25, 0.3) is 0 Å². The van der Waals surface area contributed by atoms with E-state index in [-0.39, 0.29) is 24.4 Å². The zero-order chi connectivity index (χ0) is 16.4. The van der Waals surface area contributed by atoms with E-state index in [1.165, 1.54) is 5.56 Å². The lowest BCUT2D eigenvalue weighted by Crippen LogP contribution is -2.40. The molecule has 1 saturated heterocycles. The number of hydrogen-bond donors (Lipinski definition) is 1. The lowest BCUT2D eigenvalue weighted by Gasteiger charge is -2.26. The first-order chi connectivity index (χ1) is 11.1. The molecular weight excluding hydrogens is 320 g/mol. The maximum Gasteiger partial charge on any atom is 0.247 e. The van der Waals surface area contributed by atoms with E-state index in [1.807, 2.05) is 18.2 Å². The first-order valence-corrected chi connectivity index (χ1v) is 8.26. The van der Waals surface area contributed by atoms with Gasteiger partial charge < -0.3 is 10.2 Å². The molecule has 1 unspecified atom stereocenters. The van der Waals surface area contributed by atoms with Crippen LogP contribution in [0.4, 0.5) is 11.4 Å². The largest absolute Gasteiger partial charge is 0.360 e. The van der Waals surface area contributed by atoms with Gasteiger partial charge in [-0.2, -0.15) is 0 Å². The van der Waals surface area contributed by atoms with Crippen LogP contribution in [0.5, 0.6) is 0 Å². The third-order valence-corrected chi connectivity index (χ3v) is 4.57. The molecule has 24 heavy (non-hydrogen) atoms. The Kier molecular flexibility index (Phi) is 5.89. The van der Waals surface area contributed by atoms with Crippen LogP contribution < -0.4 is 10.2 Å². The number of halogens is 1. The highest BCUT2D eigenvalue weighted by Crippen LogP contribution is 2.28. The fourth-order valence-corrected chi connectivity index (χ4v) is 3.55. The van der Waals surface area contributed by atoms with Crippen LogP contribution in [0, 0.1) is 20.8 Å². The maximum atomic E-state index is 12.8. The van der Waals surface area contributed by atoms with Gasteiger partial charge in [0.15, 0.2) is 0 Å². The molecule has 0 spiro atoms. The van der Waals surface area contributed by atoms with Crippen LogP contribution in [0.15, 0.2) is 42.5 Å². The number of anilines is 2. The molecule has 2 aromatic rings. The van der Waals surface area contributed by atoms with Crippen LogP contribution in [0.3, 0.4) is 0 Å². The number of amides is 1. The SMILES string of the molecule is Cc1cc(C)c(NC(=O)C2CCCN2c2ccccc2)c(C)c1.Cl. The van der Waals surface area contributed by atoms with Crippen molar-refractivity contribution in [3.8, 4) is 0 Å². The number of carbonyl (C=O) groups excluding carboxylic acids is 1. The van der Waals surface area contributed by atoms with Crippen molar-refractivity contribution in [2.75, 3.05) is 16.8 Å². The molecule has 1 atom stereocenters. The third kappa shape index (κ3) is 3.73. The zero-order valence-corrected chi connectivity index (χ0v) is 15.3. The second-order valence-corrected chi connectivity index (χ2v) is 6.45. The summed E-state index contributed by atoms with van der Waals surface area (Å²) in [6.45, 7) is 7.13. The second kappa shape index (κ2) is 7.71. The number of rotatable bonds is 3. The van der Waals surface area contributed by atoms with Gasteiger partial charge in [-0.25, -0.2) is 0 Å². The van der Waals surface area contributed by atoms with Crippen molar-refractivity contribution >= 4 is 29.7 Å². The van der Waals surface area contributed by atoms with Crippen molar-refractivity contribution < 1.29 is 4.79 Å². The molecule has 1 heterocycles. The number of nitrogens with one attached hydrogen (secondary N) is 1. The van der Waals surface area contributed by atoms with Crippen molar-refractivity contribution in [2.45, 2.75) is 39.7 Å². The molecular formula is C20H25ClN2O. The molecule has 2 aromatic carbocycles.